The van der Waals surface area contributed by atoms with Gasteiger partial charge in [0.25, 0.3) is 0 Å². The predicted octanol–water partition coefficient (Wildman–Crippen LogP) is 5.26. The zero-order valence-corrected chi connectivity index (χ0v) is 21.1. The van der Waals surface area contributed by atoms with Gasteiger partial charge < -0.3 is 9.47 Å². The molecule has 3 aliphatic rings. The number of fused-ring (bicyclic) bond motifs is 6. The lowest BCUT2D eigenvalue weighted by atomic mass is 9.65. The first kappa shape index (κ1) is 24.2. The third-order valence-corrected chi connectivity index (χ3v) is 8.53. The van der Waals surface area contributed by atoms with Crippen molar-refractivity contribution >= 4 is 28.3 Å². The lowest BCUT2D eigenvalue weighted by Crippen LogP contribution is -2.43. The van der Waals surface area contributed by atoms with Gasteiger partial charge in [-0.25, -0.2) is 4.90 Å². The largest absolute Gasteiger partial charge is 0.493 e. The second-order valence-electron chi connectivity index (χ2n) is 10.5. The average Bonchev–Trinajstić information content (AvgIpc) is 3.54. The van der Waals surface area contributed by atoms with Crippen LogP contribution in [0.1, 0.15) is 50.2 Å². The van der Waals surface area contributed by atoms with Crippen molar-refractivity contribution in [2.45, 2.75) is 50.2 Å². The van der Waals surface area contributed by atoms with E-state index in [1.807, 2.05) is 24.3 Å². The van der Waals surface area contributed by atoms with Crippen LogP contribution in [-0.2, 0) is 14.3 Å². The van der Waals surface area contributed by atoms with E-state index < -0.39 is 23.0 Å². The molecule has 4 atom stereocenters. The first-order valence-electron chi connectivity index (χ1n) is 13.1. The van der Waals surface area contributed by atoms with Gasteiger partial charge in [-0.15, -0.1) is 0 Å². The Morgan fingerprint density at radius 2 is 1.55 bits per heavy atom. The quantitative estimate of drug-likeness (QED) is 0.406. The number of carbonyl (C=O) groups is 2. The molecule has 3 heterocycles. The van der Waals surface area contributed by atoms with E-state index in [1.54, 1.807) is 36.4 Å². The lowest BCUT2D eigenvalue weighted by Gasteiger charge is -2.31. The van der Waals surface area contributed by atoms with Crippen LogP contribution >= 0.6 is 0 Å². The fourth-order valence-corrected chi connectivity index (χ4v) is 6.96. The number of anilines is 1. The van der Waals surface area contributed by atoms with Crippen LogP contribution in [-0.4, -0.2) is 29.6 Å². The second kappa shape index (κ2) is 8.97. The molecule has 0 saturated carbocycles. The Morgan fingerprint density at radius 3 is 2.18 bits per heavy atom. The van der Waals surface area contributed by atoms with Crippen molar-refractivity contribution in [2.75, 3.05) is 11.5 Å². The molecule has 3 fully saturated rings. The Labute approximate surface area is 221 Å². The number of carbonyl (C=O) groups excluding carboxylic acids is 2. The summed E-state index contributed by atoms with van der Waals surface area (Å²) in [5.74, 6) is -0.904. The summed E-state index contributed by atoms with van der Waals surface area (Å²) >= 11 is 0. The highest BCUT2D eigenvalue weighted by Crippen LogP contribution is 2.64. The molecule has 190 valence electrons. The molecule has 7 heteroatoms. The first-order valence-corrected chi connectivity index (χ1v) is 13.1. The Balaban J connectivity index is 1.34. The highest BCUT2D eigenvalue weighted by Gasteiger charge is 2.75. The van der Waals surface area contributed by atoms with Crippen LogP contribution in [0.25, 0.3) is 10.8 Å². The molecule has 0 aromatic heterocycles. The molecule has 0 unspecified atom stereocenters. The highest BCUT2D eigenvalue weighted by molar-refractivity contribution is 6.26. The summed E-state index contributed by atoms with van der Waals surface area (Å²) in [6.45, 7) is 2.41. The van der Waals surface area contributed by atoms with Gasteiger partial charge in [0, 0.05) is 17.2 Å². The van der Waals surface area contributed by atoms with Crippen LogP contribution < -0.4 is 9.64 Å². The van der Waals surface area contributed by atoms with Crippen molar-refractivity contribution in [3.8, 4) is 17.9 Å². The van der Waals surface area contributed by atoms with Crippen LogP contribution in [0.15, 0.2) is 60.7 Å². The van der Waals surface area contributed by atoms with Crippen molar-refractivity contribution in [3.63, 3.8) is 0 Å². The second-order valence-corrected chi connectivity index (χ2v) is 10.5. The van der Waals surface area contributed by atoms with Gasteiger partial charge >= 0.3 is 0 Å². The van der Waals surface area contributed by atoms with Crippen LogP contribution in [0, 0.1) is 34.5 Å². The molecule has 3 aromatic carbocycles. The van der Waals surface area contributed by atoms with Gasteiger partial charge in [-0.05, 0) is 55.7 Å². The minimum atomic E-state index is -0.768. The molecule has 38 heavy (non-hydrogen) atoms. The standard InChI is InChI=1S/C31H27N3O4/c1-2-13-30-14-15-31(38-30,16-17-37-22-10-7-20(18-32)8-11-22)27-26(30)28(35)34(29(27)36)25-12-9-21(19-33)23-5-3-4-6-24(23)25/h3-12,26-27H,2,13-17H2,1H3/t26-,27+,30-,31-/m0/s1. The third-order valence-electron chi connectivity index (χ3n) is 8.53. The summed E-state index contributed by atoms with van der Waals surface area (Å²) in [5, 5.41) is 20.0. The van der Waals surface area contributed by atoms with E-state index in [2.05, 4.69) is 19.1 Å². The topological polar surface area (TPSA) is 103 Å². The Kier molecular flexibility index (Phi) is 5.70. The molecule has 0 radical (unpaired) electrons. The maximum atomic E-state index is 14.1. The molecule has 3 aliphatic heterocycles. The van der Waals surface area contributed by atoms with Gasteiger partial charge in [0.2, 0.25) is 11.8 Å². The normalized spacial score (nSPS) is 27.4. The number of nitriles is 2. The Hall–Kier alpha value is -4.20. The van der Waals surface area contributed by atoms with Crippen molar-refractivity contribution in [1.29, 1.82) is 10.5 Å². The van der Waals surface area contributed by atoms with E-state index >= 15 is 0 Å². The predicted molar refractivity (Wildman–Crippen MR) is 140 cm³/mol. The minimum Gasteiger partial charge on any atom is -0.493 e. The van der Waals surface area contributed by atoms with Crippen LogP contribution in [0.5, 0.6) is 5.75 Å². The van der Waals surface area contributed by atoms with E-state index in [1.165, 1.54) is 4.90 Å². The van der Waals surface area contributed by atoms with Crippen molar-refractivity contribution in [2.24, 2.45) is 11.8 Å². The smallest absolute Gasteiger partial charge is 0.240 e. The maximum absolute atomic E-state index is 14.1. The summed E-state index contributed by atoms with van der Waals surface area (Å²) < 4.78 is 12.7. The average molecular weight is 506 g/mol. The number of hydrogen-bond acceptors (Lipinski definition) is 6. The molecule has 3 saturated heterocycles. The summed E-state index contributed by atoms with van der Waals surface area (Å²) in [7, 11) is 0. The summed E-state index contributed by atoms with van der Waals surface area (Å²) in [5.41, 5.74) is 0.169. The van der Waals surface area contributed by atoms with Crippen LogP contribution in [0.2, 0.25) is 0 Å². The SMILES string of the molecule is CCC[C@@]12CC[C@@](CCOc3ccc(C#N)cc3)(O1)[C@H]1C(=O)N(c3ccc(C#N)c4ccccc34)C(=O)[C@H]12. The zero-order valence-electron chi connectivity index (χ0n) is 21.1. The number of amides is 2. The lowest BCUT2D eigenvalue weighted by molar-refractivity contribution is -0.132. The van der Waals surface area contributed by atoms with Gasteiger partial charge in [-0.2, -0.15) is 10.5 Å². The van der Waals surface area contributed by atoms with E-state index in [-0.39, 0.29) is 11.8 Å². The fraction of sp³-hybridized carbons (Fsp3) is 0.355. The Morgan fingerprint density at radius 1 is 0.895 bits per heavy atom. The van der Waals surface area contributed by atoms with E-state index in [4.69, 9.17) is 14.7 Å². The van der Waals surface area contributed by atoms with Gasteiger partial charge in [0.15, 0.2) is 0 Å². The zero-order chi connectivity index (χ0) is 26.5. The van der Waals surface area contributed by atoms with E-state index in [0.717, 1.165) is 18.2 Å². The molecule has 0 aliphatic carbocycles. The first-order chi connectivity index (χ1) is 18.5. The van der Waals surface area contributed by atoms with Gasteiger partial charge in [-0.3, -0.25) is 9.59 Å². The van der Waals surface area contributed by atoms with Gasteiger partial charge in [0.05, 0.1) is 58.6 Å². The molecule has 2 amide bonds. The number of rotatable bonds is 7. The highest BCUT2D eigenvalue weighted by atomic mass is 16.5. The van der Waals surface area contributed by atoms with Crippen LogP contribution in [0.4, 0.5) is 5.69 Å². The summed E-state index contributed by atoms with van der Waals surface area (Å²) in [6, 6.07) is 22.0. The Bertz CT molecular complexity index is 1540. The third kappa shape index (κ3) is 3.43. The fourth-order valence-electron chi connectivity index (χ4n) is 6.96. The number of benzene rings is 3. The number of imide groups is 1. The van der Waals surface area contributed by atoms with E-state index in [0.29, 0.717) is 53.8 Å². The van der Waals surface area contributed by atoms with Crippen molar-refractivity contribution < 1.29 is 19.1 Å². The molecular formula is C31H27N3O4. The number of nitrogens with zero attached hydrogens (tertiary/aromatic N) is 3. The van der Waals surface area contributed by atoms with E-state index in [9.17, 15) is 14.9 Å². The van der Waals surface area contributed by atoms with Crippen molar-refractivity contribution in [1.82, 2.24) is 0 Å². The van der Waals surface area contributed by atoms with Gasteiger partial charge in [0.1, 0.15) is 5.75 Å². The molecule has 6 rings (SSSR count). The maximum Gasteiger partial charge on any atom is 0.240 e. The molecule has 3 aromatic rings. The number of ether oxygens (including phenoxy) is 2. The van der Waals surface area contributed by atoms with Gasteiger partial charge in [-0.1, -0.05) is 37.6 Å². The number of hydrogen-bond donors (Lipinski definition) is 0. The molecule has 0 spiro atoms. The summed E-state index contributed by atoms with van der Waals surface area (Å²) in [4.78, 5) is 29.6. The minimum absolute atomic E-state index is 0.210. The van der Waals surface area contributed by atoms with Crippen molar-refractivity contribution in [3.05, 3.63) is 71.8 Å². The monoisotopic (exact) mass is 505 g/mol. The molecule has 2 bridgehead atoms. The summed E-state index contributed by atoms with van der Waals surface area (Å²) in [6.07, 6.45) is 3.49. The van der Waals surface area contributed by atoms with Crippen LogP contribution in [0.3, 0.4) is 0 Å². The molecule has 0 N–H and O–H groups in total. The molecule has 7 nitrogen and oxygen atoms in total. The molecular weight excluding hydrogens is 478 g/mol.